The van der Waals surface area contributed by atoms with Gasteiger partial charge in [-0.3, -0.25) is 14.9 Å². The zero-order chi connectivity index (χ0) is 25.4. The third-order valence-electron chi connectivity index (χ3n) is 5.77. The predicted molar refractivity (Wildman–Crippen MR) is 137 cm³/mol. The Bertz CT molecular complexity index is 1130. The van der Waals surface area contributed by atoms with Gasteiger partial charge in [0.05, 0.1) is 19.4 Å². The van der Waals surface area contributed by atoms with Crippen LogP contribution in [0, 0.1) is 6.92 Å². The van der Waals surface area contributed by atoms with Crippen molar-refractivity contribution in [1.29, 1.82) is 0 Å². The van der Waals surface area contributed by atoms with E-state index >= 15 is 0 Å². The first kappa shape index (κ1) is 26.3. The van der Waals surface area contributed by atoms with E-state index < -0.39 is 17.8 Å². The minimum Gasteiger partial charge on any atom is -0.493 e. The van der Waals surface area contributed by atoms with Crippen molar-refractivity contribution in [3.8, 4) is 11.5 Å². The van der Waals surface area contributed by atoms with Gasteiger partial charge < -0.3 is 9.47 Å². The average Bonchev–Trinajstić information content (AvgIpc) is 2.83. The van der Waals surface area contributed by atoms with Crippen molar-refractivity contribution in [3.63, 3.8) is 0 Å². The lowest BCUT2D eigenvalue weighted by Gasteiger charge is -2.27. The van der Waals surface area contributed by atoms with E-state index in [9.17, 15) is 14.4 Å². The second-order valence-corrected chi connectivity index (χ2v) is 8.85. The van der Waals surface area contributed by atoms with Gasteiger partial charge in [0, 0.05) is 5.02 Å². The number of barbiturate groups is 1. The third kappa shape index (κ3) is 6.63. The summed E-state index contributed by atoms with van der Waals surface area (Å²) < 4.78 is 11.3. The smallest absolute Gasteiger partial charge is 0.335 e. The van der Waals surface area contributed by atoms with E-state index in [1.54, 1.807) is 37.3 Å². The van der Waals surface area contributed by atoms with E-state index in [1.165, 1.54) is 44.9 Å². The number of carbonyl (C=O) groups excluding carboxylic acids is 3. The lowest BCUT2D eigenvalue weighted by atomic mass is 10.1. The number of nitrogens with zero attached hydrogens (tertiary/aromatic N) is 1. The quantitative estimate of drug-likeness (QED) is 0.231. The molecule has 0 bridgehead atoms. The Kier molecular flexibility index (Phi) is 9.32. The van der Waals surface area contributed by atoms with E-state index in [2.05, 4.69) is 12.2 Å². The highest BCUT2D eigenvalue weighted by Crippen LogP contribution is 2.31. The molecule has 0 radical (unpaired) electrons. The van der Waals surface area contributed by atoms with Crippen molar-refractivity contribution in [2.24, 2.45) is 0 Å². The summed E-state index contributed by atoms with van der Waals surface area (Å²) in [4.78, 5) is 39.1. The summed E-state index contributed by atoms with van der Waals surface area (Å²) in [5, 5.41) is 2.60. The number of methoxy groups -OCH3 is 1. The number of hydrogen-bond donors (Lipinski definition) is 1. The van der Waals surface area contributed by atoms with Crippen molar-refractivity contribution < 1.29 is 23.9 Å². The molecule has 4 amide bonds. The van der Waals surface area contributed by atoms with Crippen LogP contribution in [0.5, 0.6) is 11.5 Å². The van der Waals surface area contributed by atoms with Gasteiger partial charge >= 0.3 is 6.03 Å². The summed E-state index contributed by atoms with van der Waals surface area (Å²) in [6.07, 6.45) is 8.43. The van der Waals surface area contributed by atoms with Gasteiger partial charge in [0.2, 0.25) is 0 Å². The van der Waals surface area contributed by atoms with E-state index in [0.717, 1.165) is 17.7 Å². The highest BCUT2D eigenvalue weighted by molar-refractivity contribution is 6.39. The number of hydrogen-bond acceptors (Lipinski definition) is 5. The van der Waals surface area contributed by atoms with Crippen LogP contribution in [0.15, 0.2) is 42.0 Å². The Morgan fingerprint density at radius 3 is 2.46 bits per heavy atom. The number of imide groups is 2. The summed E-state index contributed by atoms with van der Waals surface area (Å²) in [7, 11) is 1.53. The summed E-state index contributed by atoms with van der Waals surface area (Å²) in [6.45, 7) is 4.53. The molecule has 1 heterocycles. The van der Waals surface area contributed by atoms with Crippen LogP contribution in [-0.4, -0.2) is 31.6 Å². The molecule has 8 heteroatoms. The molecule has 1 N–H and O–H groups in total. The van der Waals surface area contributed by atoms with E-state index in [0.29, 0.717) is 39.9 Å². The van der Waals surface area contributed by atoms with Crippen LogP contribution in [0.3, 0.4) is 0 Å². The number of urea groups is 1. The number of carbonyl (C=O) groups is 3. The number of nitrogens with one attached hydrogen (secondary N) is 1. The first-order valence-corrected chi connectivity index (χ1v) is 12.2. The number of halogens is 1. The van der Waals surface area contributed by atoms with Gasteiger partial charge in [0.25, 0.3) is 11.8 Å². The average molecular weight is 499 g/mol. The number of rotatable bonds is 11. The van der Waals surface area contributed by atoms with Crippen molar-refractivity contribution in [1.82, 2.24) is 5.32 Å². The minimum atomic E-state index is -0.821. The molecule has 1 saturated heterocycles. The molecule has 0 atom stereocenters. The number of benzene rings is 2. The molecule has 0 aromatic heterocycles. The fourth-order valence-electron chi connectivity index (χ4n) is 3.82. The van der Waals surface area contributed by atoms with Gasteiger partial charge in [-0.2, -0.15) is 0 Å². The summed E-state index contributed by atoms with van der Waals surface area (Å²) in [5.41, 5.74) is 1.37. The standard InChI is InChI=1S/C27H31ClN2O5/c1-4-5-6-7-8-9-14-35-23-13-11-19(16-24(23)34-3)15-21-25(31)29-27(33)30(26(21)32)22-17-20(28)12-10-18(22)2/h10-13,15-17H,4-9,14H2,1-3H3,(H,29,31,33). The molecule has 0 unspecified atom stereocenters. The van der Waals surface area contributed by atoms with Gasteiger partial charge in [0.1, 0.15) is 5.57 Å². The number of aryl methyl sites for hydroxylation is 1. The van der Waals surface area contributed by atoms with Crippen LogP contribution in [0.4, 0.5) is 10.5 Å². The summed E-state index contributed by atoms with van der Waals surface area (Å²) >= 11 is 6.07. The second-order valence-electron chi connectivity index (χ2n) is 8.42. The Morgan fingerprint density at radius 1 is 0.971 bits per heavy atom. The Morgan fingerprint density at radius 2 is 1.71 bits per heavy atom. The van der Waals surface area contributed by atoms with Crippen molar-refractivity contribution in [3.05, 3.63) is 58.1 Å². The maximum Gasteiger partial charge on any atom is 0.335 e. The summed E-state index contributed by atoms with van der Waals surface area (Å²) in [5.74, 6) is -0.411. The van der Waals surface area contributed by atoms with Crippen molar-refractivity contribution >= 4 is 41.2 Å². The first-order valence-electron chi connectivity index (χ1n) is 11.8. The zero-order valence-corrected chi connectivity index (χ0v) is 21.1. The number of amides is 4. The fraction of sp³-hybridized carbons (Fsp3) is 0.370. The molecule has 35 heavy (non-hydrogen) atoms. The maximum atomic E-state index is 13.2. The number of unbranched alkanes of at least 4 members (excludes halogenated alkanes) is 5. The molecular weight excluding hydrogens is 468 g/mol. The van der Waals surface area contributed by atoms with E-state index in [1.807, 2.05) is 0 Å². The predicted octanol–water partition coefficient (Wildman–Crippen LogP) is 6.06. The molecule has 1 aliphatic heterocycles. The molecule has 0 aliphatic carbocycles. The monoisotopic (exact) mass is 498 g/mol. The van der Waals surface area contributed by atoms with Crippen LogP contribution in [0.2, 0.25) is 5.02 Å². The van der Waals surface area contributed by atoms with Gasteiger partial charge in [0.15, 0.2) is 11.5 Å². The topological polar surface area (TPSA) is 84.9 Å². The first-order chi connectivity index (χ1) is 16.8. The SMILES string of the molecule is CCCCCCCCOc1ccc(C=C2C(=O)NC(=O)N(c3cc(Cl)ccc3C)C2=O)cc1OC. The van der Waals surface area contributed by atoms with Gasteiger partial charge in [-0.15, -0.1) is 0 Å². The molecule has 1 fully saturated rings. The lowest BCUT2D eigenvalue weighted by Crippen LogP contribution is -2.54. The number of ether oxygens (including phenoxy) is 2. The molecule has 1 aliphatic rings. The van der Waals surface area contributed by atoms with Crippen molar-refractivity contribution in [2.75, 3.05) is 18.6 Å². The molecule has 0 spiro atoms. The second kappa shape index (κ2) is 12.4. The van der Waals surface area contributed by atoms with Gasteiger partial charge in [-0.1, -0.05) is 62.8 Å². The molecular formula is C27H31ClN2O5. The maximum absolute atomic E-state index is 13.2. The summed E-state index contributed by atoms with van der Waals surface area (Å²) in [6, 6.07) is 9.23. The largest absolute Gasteiger partial charge is 0.493 e. The minimum absolute atomic E-state index is 0.174. The van der Waals surface area contributed by atoms with Crippen LogP contribution in [-0.2, 0) is 9.59 Å². The van der Waals surface area contributed by atoms with Gasteiger partial charge in [-0.25, -0.2) is 9.69 Å². The Labute approximate surface area is 211 Å². The molecule has 7 nitrogen and oxygen atoms in total. The zero-order valence-electron chi connectivity index (χ0n) is 20.4. The highest BCUT2D eigenvalue weighted by atomic mass is 35.5. The van der Waals surface area contributed by atoms with Crippen molar-refractivity contribution in [2.45, 2.75) is 52.4 Å². The molecule has 2 aromatic rings. The third-order valence-corrected chi connectivity index (χ3v) is 6.00. The Hall–Kier alpha value is -3.32. The molecule has 0 saturated carbocycles. The Balaban J connectivity index is 1.77. The van der Waals surface area contributed by atoms with Crippen LogP contribution < -0.4 is 19.7 Å². The molecule has 186 valence electrons. The van der Waals surface area contributed by atoms with Crippen LogP contribution >= 0.6 is 11.6 Å². The lowest BCUT2D eigenvalue weighted by molar-refractivity contribution is -0.122. The molecule has 2 aromatic carbocycles. The van der Waals surface area contributed by atoms with E-state index in [-0.39, 0.29) is 5.57 Å². The van der Waals surface area contributed by atoms with Crippen LogP contribution in [0.25, 0.3) is 6.08 Å². The fourth-order valence-corrected chi connectivity index (χ4v) is 3.99. The number of anilines is 1. The van der Waals surface area contributed by atoms with Crippen LogP contribution in [0.1, 0.15) is 56.6 Å². The molecule has 3 rings (SSSR count). The normalized spacial score (nSPS) is 14.9. The van der Waals surface area contributed by atoms with E-state index in [4.69, 9.17) is 21.1 Å². The highest BCUT2D eigenvalue weighted by Gasteiger charge is 2.37. The van der Waals surface area contributed by atoms with Gasteiger partial charge in [-0.05, 0) is 54.8 Å².